The monoisotopic (exact) mass is 470 g/mol. The van der Waals surface area contributed by atoms with Crippen LogP contribution in [0.2, 0.25) is 0 Å². The molecule has 2 amide bonds. The summed E-state index contributed by atoms with van der Waals surface area (Å²) in [7, 11) is 1.50. The molecule has 186 valence electrons. The van der Waals surface area contributed by atoms with Crippen molar-refractivity contribution < 1.29 is 64.0 Å². The maximum Gasteiger partial charge on any atom is 0.407 e. The first-order valence-electron chi connectivity index (χ1n) is 9.61. The zero-order chi connectivity index (χ0) is 24.3. The van der Waals surface area contributed by atoms with E-state index in [2.05, 4.69) is 10.6 Å². The van der Waals surface area contributed by atoms with Crippen LogP contribution in [0.25, 0.3) is 0 Å². The number of carboxylic acid groups (broad SMARTS) is 1. The molecule has 0 aliphatic carbocycles. The Balaban J connectivity index is 2.63. The first kappa shape index (κ1) is 27.9. The number of rotatable bonds is 13. The number of aliphatic carboxylic acids is 1. The van der Waals surface area contributed by atoms with Crippen molar-refractivity contribution in [3.05, 3.63) is 0 Å². The first-order valence-corrected chi connectivity index (χ1v) is 9.61. The summed E-state index contributed by atoms with van der Waals surface area (Å²) in [6, 6.07) is -1.50. The Morgan fingerprint density at radius 3 is 2.44 bits per heavy atom. The van der Waals surface area contributed by atoms with E-state index in [1.807, 2.05) is 0 Å². The maximum atomic E-state index is 12.2. The van der Waals surface area contributed by atoms with E-state index in [1.165, 1.54) is 7.11 Å². The Morgan fingerprint density at radius 1 is 1.19 bits per heavy atom. The molecule has 32 heavy (non-hydrogen) atoms. The second-order valence-electron chi connectivity index (χ2n) is 6.87. The molecule has 1 saturated heterocycles. The van der Waals surface area contributed by atoms with Crippen molar-refractivity contribution in [2.75, 3.05) is 46.7 Å². The van der Waals surface area contributed by atoms with E-state index in [0.717, 1.165) is 0 Å². The molecule has 0 saturated carbocycles. The zero-order valence-electron chi connectivity index (χ0n) is 17.4. The standard InChI is InChI=1S/C17H30N2O13/c1-29-2-3-30-4-5-31-16(27)18-7-11(23)19-12-9(21)6-17(28,15(25)26)32-14(12)13(24)10(22)8-20/h9-10,12-14,20-22,24,28H,2-8H2,1H3,(H,18,27)(H,19,23)(H,25,26). The predicted octanol–water partition coefficient (Wildman–Crippen LogP) is -4.50. The molecule has 15 heteroatoms. The van der Waals surface area contributed by atoms with Crippen LogP contribution in [0.5, 0.6) is 0 Å². The van der Waals surface area contributed by atoms with Gasteiger partial charge in [0.25, 0.3) is 5.79 Å². The third-order valence-corrected chi connectivity index (χ3v) is 4.45. The Bertz CT molecular complexity index is 621. The molecule has 6 unspecified atom stereocenters. The normalized spacial score (nSPS) is 27.2. The van der Waals surface area contributed by atoms with Crippen molar-refractivity contribution in [3.8, 4) is 0 Å². The zero-order valence-corrected chi connectivity index (χ0v) is 17.4. The van der Waals surface area contributed by atoms with Gasteiger partial charge in [0.05, 0.1) is 38.6 Å². The number of amides is 2. The van der Waals surface area contributed by atoms with Crippen molar-refractivity contribution in [2.24, 2.45) is 0 Å². The van der Waals surface area contributed by atoms with Crippen LogP contribution in [-0.4, -0.2) is 132 Å². The molecule has 1 rings (SSSR count). The van der Waals surface area contributed by atoms with Gasteiger partial charge in [-0.3, -0.25) is 4.79 Å². The highest BCUT2D eigenvalue weighted by molar-refractivity contribution is 5.82. The number of ether oxygens (including phenoxy) is 4. The Kier molecular flexibility index (Phi) is 11.7. The highest BCUT2D eigenvalue weighted by Gasteiger charge is 2.53. The van der Waals surface area contributed by atoms with Crippen molar-refractivity contribution in [1.29, 1.82) is 0 Å². The summed E-state index contributed by atoms with van der Waals surface area (Å²) < 4.78 is 19.6. The molecule has 1 aliphatic rings. The van der Waals surface area contributed by atoms with E-state index >= 15 is 0 Å². The van der Waals surface area contributed by atoms with Crippen LogP contribution < -0.4 is 10.6 Å². The lowest BCUT2D eigenvalue weighted by molar-refractivity contribution is -0.295. The molecule has 1 aliphatic heterocycles. The number of methoxy groups -OCH3 is 1. The Morgan fingerprint density at radius 2 is 1.84 bits per heavy atom. The molecular formula is C17H30N2O13. The van der Waals surface area contributed by atoms with Gasteiger partial charge in [0.2, 0.25) is 5.91 Å². The average Bonchev–Trinajstić information content (AvgIpc) is 2.75. The predicted molar refractivity (Wildman–Crippen MR) is 101 cm³/mol. The summed E-state index contributed by atoms with van der Waals surface area (Å²) in [5.74, 6) is -5.66. The molecule has 0 spiro atoms. The van der Waals surface area contributed by atoms with Gasteiger partial charge in [-0.05, 0) is 0 Å². The van der Waals surface area contributed by atoms with Gasteiger partial charge < -0.3 is 60.2 Å². The summed E-state index contributed by atoms with van der Waals surface area (Å²) in [5, 5.41) is 62.6. The van der Waals surface area contributed by atoms with E-state index in [1.54, 1.807) is 0 Å². The molecule has 15 nitrogen and oxygen atoms in total. The van der Waals surface area contributed by atoms with Gasteiger partial charge >= 0.3 is 12.1 Å². The highest BCUT2D eigenvalue weighted by Crippen LogP contribution is 2.30. The molecule has 0 radical (unpaired) electrons. The van der Waals surface area contributed by atoms with E-state index in [-0.39, 0.29) is 13.2 Å². The molecule has 0 aromatic carbocycles. The molecule has 0 bridgehead atoms. The fraction of sp³-hybridized carbons (Fsp3) is 0.824. The van der Waals surface area contributed by atoms with Crippen LogP contribution in [0, 0.1) is 0 Å². The molecule has 6 atom stereocenters. The van der Waals surface area contributed by atoms with E-state index < -0.39 is 73.8 Å². The lowest BCUT2D eigenvalue weighted by Crippen LogP contribution is -2.67. The summed E-state index contributed by atoms with van der Waals surface area (Å²) in [6.45, 7) is -0.878. The molecular weight excluding hydrogens is 440 g/mol. The number of alkyl carbamates (subject to hydrolysis) is 1. The van der Waals surface area contributed by atoms with Gasteiger partial charge in [0, 0.05) is 13.5 Å². The number of nitrogens with one attached hydrogen (secondary N) is 2. The minimum absolute atomic E-state index is 0.0898. The van der Waals surface area contributed by atoms with Gasteiger partial charge in [-0.15, -0.1) is 0 Å². The first-order chi connectivity index (χ1) is 15.1. The third kappa shape index (κ3) is 8.44. The molecule has 8 N–H and O–H groups in total. The van der Waals surface area contributed by atoms with Crippen LogP contribution in [0.1, 0.15) is 6.42 Å². The molecule has 0 aromatic rings. The van der Waals surface area contributed by atoms with Gasteiger partial charge in [-0.25, -0.2) is 9.59 Å². The largest absolute Gasteiger partial charge is 0.477 e. The van der Waals surface area contributed by atoms with Crippen LogP contribution in [0.3, 0.4) is 0 Å². The van der Waals surface area contributed by atoms with E-state index in [9.17, 15) is 34.8 Å². The third-order valence-electron chi connectivity index (χ3n) is 4.45. The lowest BCUT2D eigenvalue weighted by Gasteiger charge is -2.44. The van der Waals surface area contributed by atoms with Crippen molar-refractivity contribution in [3.63, 3.8) is 0 Å². The second kappa shape index (κ2) is 13.4. The number of carbonyl (C=O) groups is 3. The number of carbonyl (C=O) groups excluding carboxylic acids is 2. The minimum atomic E-state index is -2.91. The number of hydrogen-bond donors (Lipinski definition) is 8. The number of aliphatic hydroxyl groups is 5. The quantitative estimate of drug-likeness (QED) is 0.119. The number of hydrogen-bond acceptors (Lipinski definition) is 12. The maximum absolute atomic E-state index is 12.2. The number of aliphatic hydroxyl groups excluding tert-OH is 4. The second-order valence-corrected chi connectivity index (χ2v) is 6.87. The Hall–Kier alpha value is -2.11. The fourth-order valence-corrected chi connectivity index (χ4v) is 2.78. The van der Waals surface area contributed by atoms with Gasteiger partial charge in [-0.2, -0.15) is 0 Å². The van der Waals surface area contributed by atoms with Crippen molar-refractivity contribution in [2.45, 2.75) is 42.7 Å². The van der Waals surface area contributed by atoms with Crippen LogP contribution in [0.4, 0.5) is 4.79 Å². The van der Waals surface area contributed by atoms with E-state index in [0.29, 0.717) is 13.2 Å². The van der Waals surface area contributed by atoms with Crippen LogP contribution in [0.15, 0.2) is 0 Å². The average molecular weight is 470 g/mol. The highest BCUT2D eigenvalue weighted by atomic mass is 16.7. The minimum Gasteiger partial charge on any atom is -0.477 e. The van der Waals surface area contributed by atoms with Crippen molar-refractivity contribution >= 4 is 18.0 Å². The summed E-state index contributed by atoms with van der Waals surface area (Å²) >= 11 is 0. The molecule has 1 fully saturated rings. The van der Waals surface area contributed by atoms with Gasteiger partial charge in [-0.1, -0.05) is 0 Å². The van der Waals surface area contributed by atoms with Gasteiger partial charge in [0.15, 0.2) is 0 Å². The van der Waals surface area contributed by atoms with Gasteiger partial charge in [0.1, 0.15) is 31.5 Å². The Labute approximate surface area is 182 Å². The molecule has 1 heterocycles. The summed E-state index contributed by atoms with van der Waals surface area (Å²) in [5.41, 5.74) is 0. The molecule has 0 aromatic heterocycles. The SMILES string of the molecule is COCCOCCOC(=O)NCC(=O)NC1C(O)CC(O)(C(=O)O)OC1C(O)C(O)CO. The fourth-order valence-electron chi connectivity index (χ4n) is 2.78. The van der Waals surface area contributed by atoms with Crippen molar-refractivity contribution in [1.82, 2.24) is 10.6 Å². The topological polar surface area (TPSA) is 234 Å². The van der Waals surface area contributed by atoms with E-state index in [4.69, 9.17) is 29.2 Å². The summed E-state index contributed by atoms with van der Waals surface area (Å²) in [4.78, 5) is 35.0. The smallest absolute Gasteiger partial charge is 0.407 e. The lowest BCUT2D eigenvalue weighted by atomic mass is 9.88. The van der Waals surface area contributed by atoms with Crippen LogP contribution >= 0.6 is 0 Å². The van der Waals surface area contributed by atoms with Crippen LogP contribution in [-0.2, 0) is 28.5 Å². The summed E-state index contributed by atoms with van der Waals surface area (Å²) in [6.07, 6.45) is -9.17. The number of carboxylic acids is 1.